The number of carbonyl (C=O) groups is 1. The highest BCUT2D eigenvalue weighted by atomic mass is 16.4. The molecule has 0 amide bonds. The number of nitrogens with zero attached hydrogens (tertiary/aromatic N) is 1. The molecule has 1 aliphatic heterocycles. The molecule has 2 rings (SSSR count). The van der Waals surface area contributed by atoms with Crippen molar-refractivity contribution in [2.75, 3.05) is 19.6 Å². The number of carboxylic acid groups (broad SMARTS) is 1. The zero-order chi connectivity index (χ0) is 14.5. The van der Waals surface area contributed by atoms with Crippen LogP contribution in [-0.4, -0.2) is 40.7 Å². The highest BCUT2D eigenvalue weighted by Crippen LogP contribution is 2.24. The molecule has 0 spiro atoms. The monoisotopic (exact) mass is 277 g/mol. The van der Waals surface area contributed by atoms with E-state index in [1.54, 1.807) is 24.3 Å². The van der Waals surface area contributed by atoms with Gasteiger partial charge in [0.25, 0.3) is 0 Å². The van der Waals surface area contributed by atoms with Crippen LogP contribution in [-0.2, 0) is 0 Å². The SMILES string of the molecule is C[C@H](CN1CCCCC1)[C@@H](O)c1ccc(C(=O)O)cc1. The lowest BCUT2D eigenvalue weighted by Crippen LogP contribution is -2.35. The third-order valence-electron chi connectivity index (χ3n) is 4.03. The van der Waals surface area contributed by atoms with Crippen molar-refractivity contribution in [3.8, 4) is 0 Å². The van der Waals surface area contributed by atoms with Crippen LogP contribution in [0.2, 0.25) is 0 Å². The smallest absolute Gasteiger partial charge is 0.335 e. The molecule has 1 aliphatic rings. The standard InChI is InChI=1S/C16H23NO3/c1-12(11-17-9-3-2-4-10-17)15(18)13-5-7-14(8-6-13)16(19)20/h5-8,12,15,18H,2-4,9-11H2,1H3,(H,19,20)/t12-,15-/m1/s1. The van der Waals surface area contributed by atoms with Crippen LogP contribution in [0.1, 0.15) is 48.2 Å². The number of aliphatic hydroxyl groups is 1. The van der Waals surface area contributed by atoms with E-state index in [9.17, 15) is 9.90 Å². The molecule has 0 aromatic heterocycles. The molecule has 2 atom stereocenters. The van der Waals surface area contributed by atoms with Gasteiger partial charge in [-0.25, -0.2) is 4.79 Å². The van der Waals surface area contributed by atoms with E-state index >= 15 is 0 Å². The van der Waals surface area contributed by atoms with Crippen molar-refractivity contribution >= 4 is 5.97 Å². The minimum absolute atomic E-state index is 0.142. The zero-order valence-corrected chi connectivity index (χ0v) is 12.0. The second-order valence-electron chi connectivity index (χ2n) is 5.71. The molecule has 1 heterocycles. The van der Waals surface area contributed by atoms with E-state index in [1.807, 2.05) is 6.92 Å². The van der Waals surface area contributed by atoms with E-state index < -0.39 is 12.1 Å². The molecule has 110 valence electrons. The lowest BCUT2D eigenvalue weighted by atomic mass is 9.95. The maximum absolute atomic E-state index is 10.8. The Balaban J connectivity index is 1.94. The van der Waals surface area contributed by atoms with Crippen LogP contribution in [0.25, 0.3) is 0 Å². The molecular weight excluding hydrogens is 254 g/mol. The molecule has 4 heteroatoms. The molecule has 1 aromatic carbocycles. The maximum atomic E-state index is 10.8. The molecule has 0 aliphatic carbocycles. The summed E-state index contributed by atoms with van der Waals surface area (Å²) in [5.41, 5.74) is 1.05. The quantitative estimate of drug-likeness (QED) is 0.868. The Bertz CT molecular complexity index is 438. The van der Waals surface area contributed by atoms with Gasteiger partial charge in [-0.1, -0.05) is 25.5 Å². The Morgan fingerprint density at radius 1 is 1.20 bits per heavy atom. The predicted octanol–water partition coefficient (Wildman–Crippen LogP) is 2.54. The number of hydrogen-bond donors (Lipinski definition) is 2. The minimum Gasteiger partial charge on any atom is -0.478 e. The van der Waals surface area contributed by atoms with E-state index in [0.717, 1.165) is 25.2 Å². The second kappa shape index (κ2) is 6.86. The van der Waals surface area contributed by atoms with Gasteiger partial charge in [0, 0.05) is 6.54 Å². The number of aromatic carboxylic acids is 1. The Kier molecular flexibility index (Phi) is 5.15. The fourth-order valence-electron chi connectivity index (χ4n) is 2.80. The fourth-order valence-corrected chi connectivity index (χ4v) is 2.80. The van der Waals surface area contributed by atoms with Crippen molar-refractivity contribution in [2.24, 2.45) is 5.92 Å². The highest BCUT2D eigenvalue weighted by molar-refractivity contribution is 5.87. The van der Waals surface area contributed by atoms with Crippen LogP contribution < -0.4 is 0 Å². The first-order valence-electron chi connectivity index (χ1n) is 7.31. The summed E-state index contributed by atoms with van der Waals surface area (Å²) in [4.78, 5) is 13.2. The predicted molar refractivity (Wildman–Crippen MR) is 77.8 cm³/mol. The summed E-state index contributed by atoms with van der Waals surface area (Å²) in [6.45, 7) is 5.18. The van der Waals surface area contributed by atoms with Gasteiger partial charge in [-0.05, 0) is 49.5 Å². The van der Waals surface area contributed by atoms with E-state index in [2.05, 4.69) is 4.90 Å². The first-order valence-corrected chi connectivity index (χ1v) is 7.31. The third-order valence-corrected chi connectivity index (χ3v) is 4.03. The van der Waals surface area contributed by atoms with Crippen molar-refractivity contribution in [2.45, 2.75) is 32.3 Å². The van der Waals surface area contributed by atoms with E-state index in [4.69, 9.17) is 5.11 Å². The number of hydrogen-bond acceptors (Lipinski definition) is 3. The minimum atomic E-state index is -0.938. The molecule has 1 fully saturated rings. The Morgan fingerprint density at radius 2 is 1.80 bits per heavy atom. The van der Waals surface area contributed by atoms with E-state index in [-0.39, 0.29) is 11.5 Å². The number of piperidine rings is 1. The van der Waals surface area contributed by atoms with Gasteiger partial charge < -0.3 is 15.1 Å². The molecule has 1 aromatic rings. The molecule has 4 nitrogen and oxygen atoms in total. The summed E-state index contributed by atoms with van der Waals surface area (Å²) in [7, 11) is 0. The van der Waals surface area contributed by atoms with Crippen molar-refractivity contribution in [1.82, 2.24) is 4.90 Å². The van der Waals surface area contributed by atoms with Gasteiger partial charge in [0.1, 0.15) is 0 Å². The first kappa shape index (κ1) is 15.0. The lowest BCUT2D eigenvalue weighted by molar-refractivity contribution is 0.0695. The normalized spacial score (nSPS) is 19.5. The number of carboxylic acids is 1. The van der Waals surface area contributed by atoms with Gasteiger partial charge in [-0.2, -0.15) is 0 Å². The average Bonchev–Trinajstić information content (AvgIpc) is 2.47. The number of likely N-dealkylation sites (tertiary alicyclic amines) is 1. The van der Waals surface area contributed by atoms with Crippen molar-refractivity contribution in [1.29, 1.82) is 0 Å². The van der Waals surface area contributed by atoms with Gasteiger partial charge in [-0.3, -0.25) is 0 Å². The van der Waals surface area contributed by atoms with Crippen LogP contribution in [0, 0.1) is 5.92 Å². The van der Waals surface area contributed by atoms with Gasteiger partial charge in [0.05, 0.1) is 11.7 Å². The van der Waals surface area contributed by atoms with Gasteiger partial charge in [0.2, 0.25) is 0 Å². The van der Waals surface area contributed by atoms with E-state index in [0.29, 0.717) is 0 Å². The highest BCUT2D eigenvalue weighted by Gasteiger charge is 2.20. The summed E-state index contributed by atoms with van der Waals surface area (Å²) in [5, 5.41) is 19.2. The molecule has 2 N–H and O–H groups in total. The second-order valence-corrected chi connectivity index (χ2v) is 5.71. The van der Waals surface area contributed by atoms with Gasteiger partial charge in [-0.15, -0.1) is 0 Å². The van der Waals surface area contributed by atoms with Crippen LogP contribution in [0.15, 0.2) is 24.3 Å². The van der Waals surface area contributed by atoms with Crippen LogP contribution in [0.5, 0.6) is 0 Å². The number of benzene rings is 1. The van der Waals surface area contributed by atoms with Crippen LogP contribution >= 0.6 is 0 Å². The molecule has 0 saturated carbocycles. The third kappa shape index (κ3) is 3.81. The van der Waals surface area contributed by atoms with Crippen molar-refractivity contribution in [3.63, 3.8) is 0 Å². The number of rotatable bonds is 5. The largest absolute Gasteiger partial charge is 0.478 e. The fraction of sp³-hybridized carbons (Fsp3) is 0.562. The molecule has 0 bridgehead atoms. The average molecular weight is 277 g/mol. The Morgan fingerprint density at radius 3 is 2.35 bits per heavy atom. The molecule has 0 unspecified atom stereocenters. The van der Waals surface area contributed by atoms with Gasteiger partial charge in [0.15, 0.2) is 0 Å². The number of aliphatic hydroxyl groups excluding tert-OH is 1. The molecule has 1 saturated heterocycles. The van der Waals surface area contributed by atoms with Gasteiger partial charge >= 0.3 is 5.97 Å². The van der Waals surface area contributed by atoms with Crippen LogP contribution in [0.4, 0.5) is 0 Å². The summed E-state index contributed by atoms with van der Waals surface area (Å²) in [6, 6.07) is 6.52. The van der Waals surface area contributed by atoms with Crippen molar-refractivity contribution < 1.29 is 15.0 Å². The zero-order valence-electron chi connectivity index (χ0n) is 12.0. The first-order chi connectivity index (χ1) is 9.58. The molecule has 0 radical (unpaired) electrons. The summed E-state index contributed by atoms with van der Waals surface area (Å²) < 4.78 is 0. The Labute approximate surface area is 120 Å². The Hall–Kier alpha value is -1.39. The van der Waals surface area contributed by atoms with E-state index in [1.165, 1.54) is 19.3 Å². The summed E-state index contributed by atoms with van der Waals surface area (Å²) >= 11 is 0. The maximum Gasteiger partial charge on any atom is 0.335 e. The topological polar surface area (TPSA) is 60.8 Å². The van der Waals surface area contributed by atoms with Crippen molar-refractivity contribution in [3.05, 3.63) is 35.4 Å². The summed E-state index contributed by atoms with van der Waals surface area (Å²) in [5.74, 6) is -0.795. The lowest BCUT2D eigenvalue weighted by Gasteiger charge is -2.31. The van der Waals surface area contributed by atoms with Crippen LogP contribution in [0.3, 0.4) is 0 Å². The molecular formula is C16H23NO3. The molecule has 20 heavy (non-hydrogen) atoms. The summed E-state index contributed by atoms with van der Waals surface area (Å²) in [6.07, 6.45) is 3.26.